The van der Waals surface area contributed by atoms with Gasteiger partial charge in [-0.2, -0.15) is 0 Å². The fourth-order valence-corrected chi connectivity index (χ4v) is 5.10. The number of benzene rings is 3. The van der Waals surface area contributed by atoms with Crippen LogP contribution in [0.2, 0.25) is 0 Å². The largest absolute Gasteiger partial charge is 0.282 e. The molecule has 1 saturated heterocycles. The molecule has 4 atom stereocenters. The standard InChI is InChI=1S/C28H25NO2/c30-27-25-23(21-12-6-2-7-13-21)16-17-24(22-14-8-3-9-15-22)26(25)28(31)29(27)19-18-20-10-4-1-5-11-20/h1-17,23-26H,18-19H2/t23-,24+,25-,26-/m0/s1. The second kappa shape index (κ2) is 8.35. The maximum Gasteiger partial charge on any atom is 0.234 e. The third kappa shape index (κ3) is 3.61. The number of fused-ring (bicyclic) bond motifs is 1. The molecule has 154 valence electrons. The fourth-order valence-electron chi connectivity index (χ4n) is 5.10. The van der Waals surface area contributed by atoms with E-state index in [2.05, 4.69) is 36.4 Å². The van der Waals surface area contributed by atoms with Gasteiger partial charge in [-0.1, -0.05) is 103 Å². The Morgan fingerprint density at radius 3 is 1.45 bits per heavy atom. The van der Waals surface area contributed by atoms with E-state index in [0.29, 0.717) is 13.0 Å². The molecule has 1 heterocycles. The molecule has 1 aliphatic heterocycles. The molecule has 3 aromatic rings. The van der Waals surface area contributed by atoms with Gasteiger partial charge in [0.25, 0.3) is 0 Å². The van der Waals surface area contributed by atoms with E-state index in [1.54, 1.807) is 0 Å². The average molecular weight is 408 g/mol. The first-order chi connectivity index (χ1) is 15.2. The Labute approximate surface area is 183 Å². The molecular weight excluding hydrogens is 382 g/mol. The highest BCUT2D eigenvalue weighted by Crippen LogP contribution is 2.49. The van der Waals surface area contributed by atoms with Crippen LogP contribution < -0.4 is 0 Å². The highest BCUT2D eigenvalue weighted by Gasteiger charge is 2.54. The van der Waals surface area contributed by atoms with Gasteiger partial charge in [0.15, 0.2) is 0 Å². The van der Waals surface area contributed by atoms with Crippen molar-refractivity contribution in [3.63, 3.8) is 0 Å². The quantitative estimate of drug-likeness (QED) is 0.442. The van der Waals surface area contributed by atoms with Crippen molar-refractivity contribution < 1.29 is 9.59 Å². The zero-order valence-electron chi connectivity index (χ0n) is 17.3. The third-order valence-electron chi connectivity index (χ3n) is 6.62. The number of hydrogen-bond donors (Lipinski definition) is 0. The first kappa shape index (κ1) is 19.5. The lowest BCUT2D eigenvalue weighted by Gasteiger charge is -2.32. The summed E-state index contributed by atoms with van der Waals surface area (Å²) in [5, 5.41) is 0. The SMILES string of the molecule is O=C1[C@@H]2[C@@H](C(=O)N1CCc1ccccc1)[C@H](c1ccccc1)C=C[C@@H]2c1ccccc1. The van der Waals surface area contributed by atoms with E-state index < -0.39 is 0 Å². The summed E-state index contributed by atoms with van der Waals surface area (Å²) in [7, 11) is 0. The summed E-state index contributed by atoms with van der Waals surface area (Å²) in [6.07, 6.45) is 4.96. The smallest absolute Gasteiger partial charge is 0.234 e. The minimum atomic E-state index is -0.360. The molecule has 31 heavy (non-hydrogen) atoms. The van der Waals surface area contributed by atoms with Gasteiger partial charge in [0, 0.05) is 18.4 Å². The number of nitrogens with zero attached hydrogens (tertiary/aromatic N) is 1. The zero-order valence-corrected chi connectivity index (χ0v) is 17.3. The molecule has 2 amide bonds. The number of imide groups is 1. The van der Waals surface area contributed by atoms with Crippen LogP contribution in [0.5, 0.6) is 0 Å². The van der Waals surface area contributed by atoms with Crippen LogP contribution in [-0.4, -0.2) is 23.3 Å². The van der Waals surface area contributed by atoms with Gasteiger partial charge in [-0.25, -0.2) is 0 Å². The zero-order chi connectivity index (χ0) is 21.2. The van der Waals surface area contributed by atoms with E-state index in [-0.39, 0.29) is 35.5 Å². The predicted octanol–water partition coefficient (Wildman–Crippen LogP) is 4.97. The summed E-state index contributed by atoms with van der Waals surface area (Å²) in [6.45, 7) is 0.428. The number of likely N-dealkylation sites (tertiary alicyclic amines) is 1. The molecule has 0 radical (unpaired) electrons. The molecule has 3 aromatic carbocycles. The van der Waals surface area contributed by atoms with Gasteiger partial charge in [0.1, 0.15) is 0 Å². The summed E-state index contributed by atoms with van der Waals surface area (Å²) >= 11 is 0. The molecule has 1 aliphatic carbocycles. The van der Waals surface area contributed by atoms with Gasteiger partial charge in [-0.05, 0) is 23.1 Å². The lowest BCUT2D eigenvalue weighted by Crippen LogP contribution is -2.33. The van der Waals surface area contributed by atoms with Crippen molar-refractivity contribution in [2.45, 2.75) is 18.3 Å². The van der Waals surface area contributed by atoms with E-state index in [1.807, 2.05) is 66.7 Å². The highest BCUT2D eigenvalue weighted by molar-refractivity contribution is 6.06. The van der Waals surface area contributed by atoms with Crippen LogP contribution in [-0.2, 0) is 16.0 Å². The Morgan fingerprint density at radius 1 is 0.581 bits per heavy atom. The molecule has 3 nitrogen and oxygen atoms in total. The normalized spacial score (nSPS) is 25.0. The second-order valence-electron chi connectivity index (χ2n) is 8.37. The van der Waals surface area contributed by atoms with E-state index >= 15 is 0 Å². The number of amides is 2. The summed E-state index contributed by atoms with van der Waals surface area (Å²) in [5.41, 5.74) is 3.31. The molecule has 1 fully saturated rings. The van der Waals surface area contributed by atoms with Crippen LogP contribution in [0, 0.1) is 11.8 Å². The average Bonchev–Trinajstić information content (AvgIpc) is 3.09. The molecule has 0 spiro atoms. The fraction of sp³-hybridized carbons (Fsp3) is 0.214. The number of rotatable bonds is 5. The Bertz CT molecular complexity index is 1020. The van der Waals surface area contributed by atoms with Gasteiger partial charge >= 0.3 is 0 Å². The lowest BCUT2D eigenvalue weighted by molar-refractivity contribution is -0.139. The van der Waals surface area contributed by atoms with Gasteiger partial charge in [-0.15, -0.1) is 0 Å². The van der Waals surface area contributed by atoms with Crippen LogP contribution >= 0.6 is 0 Å². The molecule has 0 unspecified atom stereocenters. The van der Waals surface area contributed by atoms with Crippen molar-refractivity contribution in [1.29, 1.82) is 0 Å². The number of hydrogen-bond acceptors (Lipinski definition) is 2. The van der Waals surface area contributed by atoms with Gasteiger partial charge < -0.3 is 0 Å². The molecule has 3 heteroatoms. The van der Waals surface area contributed by atoms with E-state index in [1.165, 1.54) is 4.90 Å². The van der Waals surface area contributed by atoms with Crippen LogP contribution in [0.25, 0.3) is 0 Å². The minimum absolute atomic E-state index is 0.0370. The lowest BCUT2D eigenvalue weighted by atomic mass is 9.68. The van der Waals surface area contributed by atoms with Crippen molar-refractivity contribution >= 4 is 11.8 Å². The van der Waals surface area contributed by atoms with Crippen molar-refractivity contribution in [1.82, 2.24) is 4.90 Å². The maximum absolute atomic E-state index is 13.6. The Kier molecular flexibility index (Phi) is 5.25. The predicted molar refractivity (Wildman–Crippen MR) is 121 cm³/mol. The third-order valence-corrected chi connectivity index (χ3v) is 6.62. The number of carbonyl (C=O) groups excluding carboxylic acids is 2. The van der Waals surface area contributed by atoms with Crippen LogP contribution in [0.15, 0.2) is 103 Å². The van der Waals surface area contributed by atoms with Crippen LogP contribution in [0.4, 0.5) is 0 Å². The van der Waals surface area contributed by atoms with Crippen molar-refractivity contribution in [3.05, 3.63) is 120 Å². The maximum atomic E-state index is 13.6. The molecular formula is C28H25NO2. The van der Waals surface area contributed by atoms with Gasteiger partial charge in [-0.3, -0.25) is 14.5 Å². The first-order valence-electron chi connectivity index (χ1n) is 10.9. The van der Waals surface area contributed by atoms with Crippen LogP contribution in [0.1, 0.15) is 28.5 Å². The topological polar surface area (TPSA) is 37.4 Å². The van der Waals surface area contributed by atoms with Gasteiger partial charge in [0.05, 0.1) is 11.8 Å². The number of allylic oxidation sites excluding steroid dienone is 2. The monoisotopic (exact) mass is 407 g/mol. The summed E-state index contributed by atoms with van der Waals surface area (Å²) < 4.78 is 0. The Morgan fingerprint density at radius 2 is 1.00 bits per heavy atom. The summed E-state index contributed by atoms with van der Waals surface area (Å²) in [5.74, 6) is -0.953. The molecule has 0 saturated carbocycles. The molecule has 0 N–H and O–H groups in total. The van der Waals surface area contributed by atoms with E-state index in [4.69, 9.17) is 0 Å². The molecule has 0 aromatic heterocycles. The summed E-state index contributed by atoms with van der Waals surface area (Å²) in [6, 6.07) is 30.2. The van der Waals surface area contributed by atoms with Crippen molar-refractivity contribution in [2.24, 2.45) is 11.8 Å². The molecule has 0 bridgehead atoms. The molecule has 5 rings (SSSR count). The summed E-state index contributed by atoms with van der Waals surface area (Å²) in [4.78, 5) is 28.7. The molecule has 2 aliphatic rings. The first-order valence-corrected chi connectivity index (χ1v) is 10.9. The highest BCUT2D eigenvalue weighted by atomic mass is 16.2. The van der Waals surface area contributed by atoms with Crippen LogP contribution in [0.3, 0.4) is 0 Å². The minimum Gasteiger partial charge on any atom is -0.282 e. The van der Waals surface area contributed by atoms with Crippen molar-refractivity contribution in [3.8, 4) is 0 Å². The van der Waals surface area contributed by atoms with Gasteiger partial charge in [0.2, 0.25) is 11.8 Å². The Balaban J connectivity index is 1.50. The second-order valence-corrected chi connectivity index (χ2v) is 8.37. The van der Waals surface area contributed by atoms with E-state index in [0.717, 1.165) is 16.7 Å². The van der Waals surface area contributed by atoms with E-state index in [9.17, 15) is 9.59 Å². The van der Waals surface area contributed by atoms with Crippen molar-refractivity contribution in [2.75, 3.05) is 6.54 Å². The Hall–Kier alpha value is -3.46. The number of carbonyl (C=O) groups is 2.